The van der Waals surface area contributed by atoms with E-state index in [2.05, 4.69) is 50.4 Å². The molecule has 0 spiro atoms. The summed E-state index contributed by atoms with van der Waals surface area (Å²) < 4.78 is 5.52. The van der Waals surface area contributed by atoms with E-state index in [0.29, 0.717) is 6.04 Å². The third-order valence-corrected chi connectivity index (χ3v) is 2.92. The molecular formula is C15H25NO. The zero-order chi connectivity index (χ0) is 12.5. The van der Waals surface area contributed by atoms with Crippen LogP contribution in [0.4, 0.5) is 0 Å². The van der Waals surface area contributed by atoms with E-state index in [1.807, 2.05) is 0 Å². The quantitative estimate of drug-likeness (QED) is 0.697. The van der Waals surface area contributed by atoms with Crippen LogP contribution in [-0.4, -0.2) is 19.8 Å². The summed E-state index contributed by atoms with van der Waals surface area (Å²) in [6, 6.07) is 9.08. The predicted octanol–water partition coefficient (Wildman–Crippen LogP) is 3.46. The Labute approximate surface area is 105 Å². The van der Waals surface area contributed by atoms with E-state index in [0.717, 1.165) is 26.2 Å². The minimum absolute atomic E-state index is 0.394. The van der Waals surface area contributed by atoms with Crippen LogP contribution >= 0.6 is 0 Å². The lowest BCUT2D eigenvalue weighted by molar-refractivity contribution is 0.131. The molecule has 1 rings (SSSR count). The van der Waals surface area contributed by atoms with Crippen molar-refractivity contribution in [1.82, 2.24) is 5.32 Å². The van der Waals surface area contributed by atoms with E-state index in [9.17, 15) is 0 Å². The van der Waals surface area contributed by atoms with Crippen LogP contribution in [0.2, 0.25) is 0 Å². The van der Waals surface area contributed by atoms with Crippen LogP contribution in [-0.2, 0) is 4.74 Å². The SMILES string of the molecule is CCCCOCCN[C@H](C)c1ccc(C)cc1. The van der Waals surface area contributed by atoms with E-state index >= 15 is 0 Å². The fraction of sp³-hybridized carbons (Fsp3) is 0.600. The molecule has 0 aliphatic carbocycles. The van der Waals surface area contributed by atoms with Gasteiger partial charge in [0.2, 0.25) is 0 Å². The second-order valence-electron chi connectivity index (χ2n) is 4.55. The maximum absolute atomic E-state index is 5.52. The molecule has 1 N–H and O–H groups in total. The number of rotatable bonds is 8. The monoisotopic (exact) mass is 235 g/mol. The van der Waals surface area contributed by atoms with Crippen molar-refractivity contribution in [3.05, 3.63) is 35.4 Å². The van der Waals surface area contributed by atoms with Crippen molar-refractivity contribution in [3.63, 3.8) is 0 Å². The van der Waals surface area contributed by atoms with Crippen molar-refractivity contribution in [1.29, 1.82) is 0 Å². The van der Waals surface area contributed by atoms with Crippen molar-refractivity contribution in [2.75, 3.05) is 19.8 Å². The van der Waals surface area contributed by atoms with Gasteiger partial charge in [-0.1, -0.05) is 43.2 Å². The Kier molecular flexibility index (Phi) is 6.90. The Morgan fingerprint density at radius 1 is 1.18 bits per heavy atom. The summed E-state index contributed by atoms with van der Waals surface area (Å²) in [5.74, 6) is 0. The zero-order valence-electron chi connectivity index (χ0n) is 11.3. The van der Waals surface area contributed by atoms with Gasteiger partial charge in [0.25, 0.3) is 0 Å². The molecule has 0 aliphatic heterocycles. The highest BCUT2D eigenvalue weighted by Gasteiger charge is 2.03. The number of aryl methyl sites for hydroxylation is 1. The molecule has 0 amide bonds. The first kappa shape index (κ1) is 14.2. The van der Waals surface area contributed by atoms with Crippen LogP contribution in [0, 0.1) is 6.92 Å². The smallest absolute Gasteiger partial charge is 0.0591 e. The average Bonchev–Trinajstić information content (AvgIpc) is 2.34. The Morgan fingerprint density at radius 3 is 2.53 bits per heavy atom. The summed E-state index contributed by atoms with van der Waals surface area (Å²) >= 11 is 0. The molecule has 0 saturated carbocycles. The van der Waals surface area contributed by atoms with Crippen molar-refractivity contribution in [2.24, 2.45) is 0 Å². The van der Waals surface area contributed by atoms with Gasteiger partial charge in [0.05, 0.1) is 6.61 Å². The van der Waals surface area contributed by atoms with Crippen LogP contribution in [0.5, 0.6) is 0 Å². The fourth-order valence-corrected chi connectivity index (χ4v) is 1.67. The molecule has 1 aromatic rings. The molecular weight excluding hydrogens is 210 g/mol. The van der Waals surface area contributed by atoms with Crippen LogP contribution in [0.15, 0.2) is 24.3 Å². The van der Waals surface area contributed by atoms with Gasteiger partial charge in [-0.3, -0.25) is 0 Å². The molecule has 0 heterocycles. The number of nitrogens with one attached hydrogen (secondary N) is 1. The third-order valence-electron chi connectivity index (χ3n) is 2.92. The first-order chi connectivity index (χ1) is 8.24. The van der Waals surface area contributed by atoms with Gasteiger partial charge >= 0.3 is 0 Å². The summed E-state index contributed by atoms with van der Waals surface area (Å²) in [4.78, 5) is 0. The number of hydrogen-bond donors (Lipinski definition) is 1. The second kappa shape index (κ2) is 8.26. The van der Waals surface area contributed by atoms with Crippen molar-refractivity contribution < 1.29 is 4.74 Å². The van der Waals surface area contributed by atoms with Crippen molar-refractivity contribution in [2.45, 2.75) is 39.7 Å². The van der Waals surface area contributed by atoms with E-state index < -0.39 is 0 Å². The third kappa shape index (κ3) is 5.85. The molecule has 0 saturated heterocycles. The molecule has 0 radical (unpaired) electrons. The van der Waals surface area contributed by atoms with E-state index in [-0.39, 0.29) is 0 Å². The summed E-state index contributed by atoms with van der Waals surface area (Å²) in [5, 5.41) is 3.47. The molecule has 0 aromatic heterocycles. The summed E-state index contributed by atoms with van der Waals surface area (Å²) in [5.41, 5.74) is 2.65. The first-order valence-electron chi connectivity index (χ1n) is 6.61. The van der Waals surface area contributed by atoms with Gasteiger partial charge in [-0.15, -0.1) is 0 Å². The molecule has 0 bridgehead atoms. The van der Waals surface area contributed by atoms with Crippen molar-refractivity contribution >= 4 is 0 Å². The normalized spacial score (nSPS) is 12.6. The molecule has 1 atom stereocenters. The Hall–Kier alpha value is -0.860. The average molecular weight is 235 g/mol. The summed E-state index contributed by atoms with van der Waals surface area (Å²) in [7, 11) is 0. The molecule has 0 fully saturated rings. The van der Waals surface area contributed by atoms with Crippen LogP contribution < -0.4 is 5.32 Å². The van der Waals surface area contributed by atoms with E-state index in [1.165, 1.54) is 17.5 Å². The molecule has 2 nitrogen and oxygen atoms in total. The Bertz CT molecular complexity index is 294. The highest BCUT2D eigenvalue weighted by atomic mass is 16.5. The van der Waals surface area contributed by atoms with Crippen LogP contribution in [0.25, 0.3) is 0 Å². The van der Waals surface area contributed by atoms with Gasteiger partial charge in [0.15, 0.2) is 0 Å². The van der Waals surface area contributed by atoms with Gasteiger partial charge in [0, 0.05) is 19.2 Å². The topological polar surface area (TPSA) is 21.3 Å². The van der Waals surface area contributed by atoms with Gasteiger partial charge < -0.3 is 10.1 Å². The molecule has 0 aliphatic rings. The molecule has 0 unspecified atom stereocenters. The molecule has 17 heavy (non-hydrogen) atoms. The van der Waals surface area contributed by atoms with Gasteiger partial charge in [-0.2, -0.15) is 0 Å². The lowest BCUT2D eigenvalue weighted by Crippen LogP contribution is -2.23. The lowest BCUT2D eigenvalue weighted by Gasteiger charge is -2.14. The highest BCUT2D eigenvalue weighted by molar-refractivity contribution is 5.23. The fourth-order valence-electron chi connectivity index (χ4n) is 1.67. The molecule has 96 valence electrons. The highest BCUT2D eigenvalue weighted by Crippen LogP contribution is 2.12. The predicted molar refractivity (Wildman–Crippen MR) is 73.3 cm³/mol. The second-order valence-corrected chi connectivity index (χ2v) is 4.55. The van der Waals surface area contributed by atoms with E-state index in [1.54, 1.807) is 0 Å². The standard InChI is InChI=1S/C15H25NO/c1-4-5-11-17-12-10-16-14(3)15-8-6-13(2)7-9-15/h6-9,14,16H,4-5,10-12H2,1-3H3/t14-/m1/s1. The number of hydrogen-bond acceptors (Lipinski definition) is 2. The van der Waals surface area contributed by atoms with Crippen LogP contribution in [0.3, 0.4) is 0 Å². The van der Waals surface area contributed by atoms with Gasteiger partial charge in [-0.05, 0) is 25.8 Å². The molecule has 2 heteroatoms. The lowest BCUT2D eigenvalue weighted by atomic mass is 10.1. The minimum Gasteiger partial charge on any atom is -0.380 e. The number of unbranched alkanes of at least 4 members (excludes halogenated alkanes) is 1. The number of ether oxygens (including phenoxy) is 1. The van der Waals surface area contributed by atoms with Crippen molar-refractivity contribution in [3.8, 4) is 0 Å². The Balaban J connectivity index is 2.16. The molecule has 1 aromatic carbocycles. The zero-order valence-corrected chi connectivity index (χ0v) is 11.3. The van der Waals surface area contributed by atoms with Gasteiger partial charge in [-0.25, -0.2) is 0 Å². The maximum Gasteiger partial charge on any atom is 0.0591 e. The Morgan fingerprint density at radius 2 is 1.88 bits per heavy atom. The van der Waals surface area contributed by atoms with Crippen LogP contribution in [0.1, 0.15) is 43.9 Å². The van der Waals surface area contributed by atoms with Gasteiger partial charge in [0.1, 0.15) is 0 Å². The maximum atomic E-state index is 5.52. The minimum atomic E-state index is 0.394. The first-order valence-corrected chi connectivity index (χ1v) is 6.61. The largest absolute Gasteiger partial charge is 0.380 e. The summed E-state index contributed by atoms with van der Waals surface area (Å²) in [6.45, 7) is 9.09. The summed E-state index contributed by atoms with van der Waals surface area (Å²) in [6.07, 6.45) is 2.36. The number of benzene rings is 1. The van der Waals surface area contributed by atoms with E-state index in [4.69, 9.17) is 4.74 Å².